The highest BCUT2D eigenvalue weighted by Gasteiger charge is 2.44. The van der Waals surface area contributed by atoms with Gasteiger partial charge in [0, 0.05) is 24.2 Å². The standard InChI is InChI=1S/C28H39N3O5S/c1-15-9-11-19(12-10-15)21-17(3)23-24-20(30-16(2)13-29-24)14-31(37(8,34)35)25(23)18(4)22(21)26(27(32)33)36-28(5,6)7/h9-12,16,20,24,26,29-30H,13-14H2,1-8H3,(H,32,33)/t16?,20?,24?,26-/m0/s1. The molecule has 0 bridgehead atoms. The van der Waals surface area contributed by atoms with E-state index in [1.165, 1.54) is 10.6 Å². The molecule has 4 rings (SSSR count). The molecule has 2 aromatic carbocycles. The van der Waals surface area contributed by atoms with Crippen LogP contribution in [0.1, 0.15) is 67.7 Å². The van der Waals surface area contributed by atoms with Crippen LogP contribution in [0.2, 0.25) is 0 Å². The van der Waals surface area contributed by atoms with Crippen molar-refractivity contribution < 1.29 is 23.1 Å². The molecule has 202 valence electrons. The maximum Gasteiger partial charge on any atom is 0.337 e. The summed E-state index contributed by atoms with van der Waals surface area (Å²) in [6.07, 6.45) is -0.0729. The normalized spacial score (nSPS) is 22.8. The lowest BCUT2D eigenvalue weighted by atomic mass is 9.78. The minimum atomic E-state index is -3.65. The summed E-state index contributed by atoms with van der Waals surface area (Å²) in [5.74, 6) is -1.11. The number of rotatable bonds is 5. The molecule has 3 unspecified atom stereocenters. The quantitative estimate of drug-likeness (QED) is 0.538. The van der Waals surface area contributed by atoms with Gasteiger partial charge in [-0.3, -0.25) is 4.31 Å². The maximum atomic E-state index is 13.1. The van der Waals surface area contributed by atoms with Crippen LogP contribution in [-0.2, 0) is 19.6 Å². The first-order valence-corrected chi connectivity index (χ1v) is 14.6. The first-order chi connectivity index (χ1) is 17.1. The molecule has 9 heteroatoms. The van der Waals surface area contributed by atoms with Crippen molar-refractivity contribution in [3.8, 4) is 11.1 Å². The Balaban J connectivity index is 2.12. The lowest BCUT2D eigenvalue weighted by molar-refractivity contribution is -0.160. The highest BCUT2D eigenvalue weighted by molar-refractivity contribution is 7.92. The van der Waals surface area contributed by atoms with Crippen LogP contribution in [0.5, 0.6) is 0 Å². The van der Waals surface area contributed by atoms with E-state index >= 15 is 0 Å². The number of carboxylic acids is 1. The van der Waals surface area contributed by atoms with Crippen molar-refractivity contribution in [1.29, 1.82) is 0 Å². The summed E-state index contributed by atoms with van der Waals surface area (Å²) in [4.78, 5) is 12.7. The molecular formula is C28H39N3O5S. The first-order valence-electron chi connectivity index (χ1n) is 12.7. The lowest BCUT2D eigenvalue weighted by Crippen LogP contribution is -2.62. The number of fused-ring (bicyclic) bond motifs is 3. The van der Waals surface area contributed by atoms with E-state index in [4.69, 9.17) is 4.74 Å². The van der Waals surface area contributed by atoms with Crippen LogP contribution in [0.3, 0.4) is 0 Å². The van der Waals surface area contributed by atoms with Gasteiger partial charge in [-0.1, -0.05) is 29.8 Å². The molecule has 0 amide bonds. The highest BCUT2D eigenvalue weighted by atomic mass is 32.2. The van der Waals surface area contributed by atoms with Crippen molar-refractivity contribution in [2.24, 2.45) is 0 Å². The molecule has 0 radical (unpaired) electrons. The van der Waals surface area contributed by atoms with Crippen molar-refractivity contribution in [2.45, 2.75) is 78.3 Å². The molecule has 1 saturated heterocycles. The van der Waals surface area contributed by atoms with Gasteiger partial charge in [-0.05, 0) is 76.3 Å². The molecule has 4 atom stereocenters. The summed E-state index contributed by atoms with van der Waals surface area (Å²) in [5.41, 5.74) is 5.40. The van der Waals surface area contributed by atoms with Crippen LogP contribution in [0, 0.1) is 20.8 Å². The van der Waals surface area contributed by atoms with E-state index in [0.717, 1.165) is 34.4 Å². The minimum absolute atomic E-state index is 0.118. The molecule has 2 heterocycles. The van der Waals surface area contributed by atoms with E-state index in [9.17, 15) is 18.3 Å². The number of carbonyl (C=O) groups is 1. The molecule has 0 saturated carbocycles. The van der Waals surface area contributed by atoms with Crippen LogP contribution >= 0.6 is 0 Å². The third-order valence-corrected chi connectivity index (χ3v) is 8.36. The molecule has 0 spiro atoms. The van der Waals surface area contributed by atoms with Gasteiger partial charge in [0.1, 0.15) is 0 Å². The van der Waals surface area contributed by atoms with Crippen molar-refractivity contribution in [2.75, 3.05) is 23.7 Å². The molecular weight excluding hydrogens is 490 g/mol. The van der Waals surface area contributed by atoms with E-state index in [0.29, 0.717) is 16.8 Å². The molecule has 37 heavy (non-hydrogen) atoms. The zero-order valence-corrected chi connectivity index (χ0v) is 23.8. The molecule has 8 nitrogen and oxygen atoms in total. The smallest absolute Gasteiger partial charge is 0.337 e. The van der Waals surface area contributed by atoms with Crippen LogP contribution in [0.15, 0.2) is 24.3 Å². The summed E-state index contributed by atoms with van der Waals surface area (Å²) in [6, 6.07) is 7.94. The third kappa shape index (κ3) is 5.27. The van der Waals surface area contributed by atoms with Gasteiger partial charge in [0.25, 0.3) is 0 Å². The SMILES string of the molecule is Cc1ccc(-c2c(C)c3c(c(C)c2[C@H](OC(C)(C)C)C(=O)O)N(S(C)(=O)=O)CC2NC(C)CNC32)cc1. The monoisotopic (exact) mass is 529 g/mol. The second-order valence-corrected chi connectivity index (χ2v) is 13.4. The number of ether oxygens (including phenoxy) is 1. The molecule has 0 aliphatic carbocycles. The molecule has 0 aromatic heterocycles. The van der Waals surface area contributed by atoms with Crippen molar-refractivity contribution in [3.63, 3.8) is 0 Å². The third-order valence-electron chi connectivity index (χ3n) is 7.23. The van der Waals surface area contributed by atoms with E-state index < -0.39 is 27.7 Å². The number of piperazine rings is 1. The van der Waals surface area contributed by atoms with Crippen molar-refractivity contribution in [1.82, 2.24) is 10.6 Å². The average molecular weight is 530 g/mol. The summed E-state index contributed by atoms with van der Waals surface area (Å²) in [7, 11) is -3.65. The summed E-state index contributed by atoms with van der Waals surface area (Å²) in [6.45, 7) is 14.3. The van der Waals surface area contributed by atoms with Crippen LogP contribution in [0.4, 0.5) is 5.69 Å². The zero-order valence-electron chi connectivity index (χ0n) is 23.0. The van der Waals surface area contributed by atoms with E-state index in [1.54, 1.807) is 0 Å². The van der Waals surface area contributed by atoms with Gasteiger partial charge in [0.2, 0.25) is 10.0 Å². The van der Waals surface area contributed by atoms with Gasteiger partial charge in [0.05, 0.1) is 30.1 Å². The van der Waals surface area contributed by atoms with Gasteiger partial charge in [-0.15, -0.1) is 0 Å². The first kappa shape index (κ1) is 27.6. The second kappa shape index (κ2) is 9.69. The van der Waals surface area contributed by atoms with E-state index in [2.05, 4.69) is 17.6 Å². The van der Waals surface area contributed by atoms with Gasteiger partial charge < -0.3 is 20.5 Å². The Morgan fingerprint density at radius 1 is 1.14 bits per heavy atom. The van der Waals surface area contributed by atoms with E-state index in [1.807, 2.05) is 65.8 Å². The molecule has 3 N–H and O–H groups in total. The Kier molecular flexibility index (Phi) is 7.22. The Bertz CT molecular complexity index is 1320. The summed E-state index contributed by atoms with van der Waals surface area (Å²) < 4.78 is 33.9. The summed E-state index contributed by atoms with van der Waals surface area (Å²) in [5, 5.41) is 17.6. The molecule has 2 aliphatic rings. The molecule has 1 fully saturated rings. The molecule has 2 aliphatic heterocycles. The number of aryl methyl sites for hydroxylation is 1. The Morgan fingerprint density at radius 3 is 2.30 bits per heavy atom. The lowest BCUT2D eigenvalue weighted by Gasteiger charge is -2.47. The number of aliphatic carboxylic acids is 1. The highest BCUT2D eigenvalue weighted by Crippen LogP contribution is 2.49. The molecule has 2 aromatic rings. The second-order valence-electron chi connectivity index (χ2n) is 11.5. The van der Waals surface area contributed by atoms with Crippen LogP contribution in [-0.4, -0.2) is 56.5 Å². The number of nitrogens with zero attached hydrogens (tertiary/aromatic N) is 1. The number of carboxylic acid groups (broad SMARTS) is 1. The fourth-order valence-corrected chi connectivity index (χ4v) is 6.74. The predicted octanol–water partition coefficient (Wildman–Crippen LogP) is 3.99. The van der Waals surface area contributed by atoms with Crippen LogP contribution in [0.25, 0.3) is 11.1 Å². The predicted molar refractivity (Wildman–Crippen MR) is 147 cm³/mol. The average Bonchev–Trinajstić information content (AvgIpc) is 2.78. The van der Waals surface area contributed by atoms with Gasteiger partial charge in [-0.25, -0.2) is 13.2 Å². The number of hydrogen-bond acceptors (Lipinski definition) is 6. The number of sulfonamides is 1. The van der Waals surface area contributed by atoms with Gasteiger partial charge in [0.15, 0.2) is 6.10 Å². The van der Waals surface area contributed by atoms with Crippen LogP contribution < -0.4 is 14.9 Å². The van der Waals surface area contributed by atoms with Crippen molar-refractivity contribution >= 4 is 21.7 Å². The largest absolute Gasteiger partial charge is 0.479 e. The topological polar surface area (TPSA) is 108 Å². The Labute approximate surface area is 220 Å². The summed E-state index contributed by atoms with van der Waals surface area (Å²) >= 11 is 0. The Hall–Kier alpha value is -2.46. The number of hydrogen-bond donors (Lipinski definition) is 3. The number of anilines is 1. The van der Waals surface area contributed by atoms with E-state index in [-0.39, 0.29) is 24.7 Å². The zero-order chi connectivity index (χ0) is 27.4. The number of benzene rings is 2. The number of nitrogens with one attached hydrogen (secondary N) is 2. The Morgan fingerprint density at radius 2 is 1.76 bits per heavy atom. The maximum absolute atomic E-state index is 13.1. The fraction of sp³-hybridized carbons (Fsp3) is 0.536. The van der Waals surface area contributed by atoms with Crippen molar-refractivity contribution in [3.05, 3.63) is 52.1 Å². The fourth-order valence-electron chi connectivity index (χ4n) is 5.74. The minimum Gasteiger partial charge on any atom is -0.479 e. The van der Waals surface area contributed by atoms with Gasteiger partial charge >= 0.3 is 5.97 Å². The van der Waals surface area contributed by atoms with Gasteiger partial charge in [-0.2, -0.15) is 0 Å².